The highest BCUT2D eigenvalue weighted by Crippen LogP contribution is 2.20. The van der Waals surface area contributed by atoms with Crippen LogP contribution in [0.5, 0.6) is 0 Å². The minimum Gasteiger partial charge on any atom is -0.321 e. The maximum Gasteiger partial charge on any atom is 0.208 e. The molecular weight excluding hydrogens is 213 g/mol. The number of rotatable bonds is 1. The summed E-state index contributed by atoms with van der Waals surface area (Å²) >= 11 is 1.29. The molecule has 0 aliphatic rings. The molecule has 0 aromatic heterocycles. The molecule has 0 fully saturated rings. The van der Waals surface area contributed by atoms with Crippen LogP contribution in [-0.2, 0) is 0 Å². The smallest absolute Gasteiger partial charge is 0.208 e. The van der Waals surface area contributed by atoms with Crippen LogP contribution in [0.2, 0.25) is 0 Å². The van der Waals surface area contributed by atoms with E-state index in [0.29, 0.717) is 10.9 Å². The highest BCUT2D eigenvalue weighted by atomic mass is 32.2. The van der Waals surface area contributed by atoms with Crippen molar-refractivity contribution in [2.45, 2.75) is 0 Å². The maximum absolute atomic E-state index is 13.4. The zero-order chi connectivity index (χ0) is 11.3. The maximum atomic E-state index is 13.4. The van der Waals surface area contributed by atoms with E-state index in [1.807, 2.05) is 0 Å². The summed E-state index contributed by atoms with van der Waals surface area (Å²) in [5, 5.41) is 8.92. The van der Waals surface area contributed by atoms with Crippen molar-refractivity contribution in [1.82, 2.24) is 0 Å². The lowest BCUT2D eigenvalue weighted by Gasteiger charge is -2.18. The number of nitrogens with zero attached hydrogens (tertiary/aromatic N) is 3. The van der Waals surface area contributed by atoms with E-state index in [1.165, 1.54) is 17.8 Å². The molecule has 0 aliphatic heterocycles. The number of anilines is 1. The van der Waals surface area contributed by atoms with Crippen molar-refractivity contribution in [1.29, 1.82) is 5.26 Å². The molecule has 0 spiro atoms. The number of nitriles is 1. The first-order chi connectivity index (χ1) is 7.20. The van der Waals surface area contributed by atoms with Gasteiger partial charge in [-0.15, -0.1) is 4.99 Å². The Balaban J connectivity index is 3.04. The van der Waals surface area contributed by atoms with Crippen LogP contribution in [-0.4, -0.2) is 18.5 Å². The highest BCUT2D eigenvalue weighted by Gasteiger charge is 2.11. The summed E-state index contributed by atoms with van der Waals surface area (Å²) in [5.41, 5.74) is 0.404. The Morgan fingerprint density at radius 2 is 2.20 bits per heavy atom. The Kier molecular flexibility index (Phi) is 4.13. The number of aliphatic imine (C=N–C) groups is 1. The van der Waals surface area contributed by atoms with Crippen LogP contribution in [0.1, 0.15) is 0 Å². The molecule has 0 radical (unpaired) electrons. The van der Waals surface area contributed by atoms with Gasteiger partial charge in [0.15, 0.2) is 5.17 Å². The van der Waals surface area contributed by atoms with Gasteiger partial charge in [-0.05, 0) is 18.4 Å². The van der Waals surface area contributed by atoms with E-state index in [9.17, 15) is 4.39 Å². The molecule has 15 heavy (non-hydrogen) atoms. The number of benzene rings is 1. The molecule has 1 aromatic carbocycles. The average Bonchev–Trinajstić information content (AvgIpc) is 2.25. The summed E-state index contributed by atoms with van der Waals surface area (Å²) in [7, 11) is 1.67. The summed E-state index contributed by atoms with van der Waals surface area (Å²) in [4.78, 5) is 5.15. The van der Waals surface area contributed by atoms with E-state index in [-0.39, 0.29) is 5.82 Å². The topological polar surface area (TPSA) is 39.4 Å². The van der Waals surface area contributed by atoms with E-state index in [2.05, 4.69) is 4.99 Å². The minimum atomic E-state index is -0.334. The van der Waals surface area contributed by atoms with Gasteiger partial charge in [-0.3, -0.25) is 0 Å². The van der Waals surface area contributed by atoms with Gasteiger partial charge in [0.25, 0.3) is 0 Å². The standard InChI is InChI=1S/C10H10FN3S/c1-14(10(15-2)13-7-12)9-6-4-3-5-8(9)11/h3-6H,1-2H3. The fourth-order valence-electron chi connectivity index (χ4n) is 1.13. The lowest BCUT2D eigenvalue weighted by Crippen LogP contribution is -2.24. The normalized spacial score (nSPS) is 10.9. The second kappa shape index (κ2) is 5.37. The molecule has 78 valence electrons. The van der Waals surface area contributed by atoms with Crippen molar-refractivity contribution in [2.24, 2.45) is 4.99 Å². The molecule has 0 atom stereocenters. The van der Waals surface area contributed by atoms with Crippen LogP contribution < -0.4 is 4.90 Å². The van der Waals surface area contributed by atoms with Crippen molar-refractivity contribution in [3.63, 3.8) is 0 Å². The van der Waals surface area contributed by atoms with Gasteiger partial charge < -0.3 is 4.90 Å². The third-order valence-electron chi connectivity index (χ3n) is 1.83. The number of hydrogen-bond donors (Lipinski definition) is 0. The highest BCUT2D eigenvalue weighted by molar-refractivity contribution is 8.13. The monoisotopic (exact) mass is 223 g/mol. The van der Waals surface area contributed by atoms with E-state index in [0.717, 1.165) is 0 Å². The van der Waals surface area contributed by atoms with Gasteiger partial charge in [-0.1, -0.05) is 23.9 Å². The molecule has 0 saturated heterocycles. The summed E-state index contributed by atoms with van der Waals surface area (Å²) in [6, 6.07) is 6.36. The van der Waals surface area contributed by atoms with Gasteiger partial charge in [0.05, 0.1) is 5.69 Å². The van der Waals surface area contributed by atoms with Gasteiger partial charge in [-0.25, -0.2) is 4.39 Å². The summed E-state index contributed by atoms with van der Waals surface area (Å²) < 4.78 is 13.4. The second-order valence-electron chi connectivity index (χ2n) is 2.71. The Hall–Kier alpha value is -1.54. The predicted octanol–water partition coefficient (Wildman–Crippen LogP) is 2.46. The van der Waals surface area contributed by atoms with Crippen LogP contribution in [0.4, 0.5) is 10.1 Å². The van der Waals surface area contributed by atoms with E-state index < -0.39 is 0 Å². The Labute approximate surface area is 92.2 Å². The van der Waals surface area contributed by atoms with Gasteiger partial charge in [0.2, 0.25) is 6.19 Å². The largest absolute Gasteiger partial charge is 0.321 e. The molecule has 0 bridgehead atoms. The number of amidine groups is 1. The molecule has 0 amide bonds. The number of hydrogen-bond acceptors (Lipinski definition) is 3. The summed E-state index contributed by atoms with van der Waals surface area (Å²) in [6.45, 7) is 0. The average molecular weight is 223 g/mol. The van der Waals surface area contributed by atoms with Gasteiger partial charge >= 0.3 is 0 Å². The molecule has 0 saturated carbocycles. The molecule has 5 heteroatoms. The van der Waals surface area contributed by atoms with Gasteiger partial charge in [0.1, 0.15) is 5.82 Å². The van der Waals surface area contributed by atoms with Crippen LogP contribution >= 0.6 is 11.8 Å². The van der Waals surface area contributed by atoms with Crippen LogP contribution in [0.15, 0.2) is 29.3 Å². The van der Waals surface area contributed by atoms with Crippen molar-refractivity contribution in [3.05, 3.63) is 30.1 Å². The quantitative estimate of drug-likeness (QED) is 0.417. The van der Waals surface area contributed by atoms with Crippen LogP contribution in [0, 0.1) is 17.3 Å². The fourth-order valence-corrected chi connectivity index (χ4v) is 1.63. The Bertz CT molecular complexity index is 411. The van der Waals surface area contributed by atoms with Crippen molar-refractivity contribution >= 4 is 22.6 Å². The van der Waals surface area contributed by atoms with Crippen molar-refractivity contribution in [3.8, 4) is 6.19 Å². The Morgan fingerprint density at radius 3 is 2.73 bits per heavy atom. The van der Waals surface area contributed by atoms with E-state index in [4.69, 9.17) is 5.26 Å². The Morgan fingerprint density at radius 1 is 1.53 bits per heavy atom. The van der Waals surface area contributed by atoms with Crippen LogP contribution in [0.25, 0.3) is 0 Å². The molecule has 0 unspecified atom stereocenters. The first-order valence-electron chi connectivity index (χ1n) is 4.19. The first-order valence-corrected chi connectivity index (χ1v) is 5.42. The second-order valence-corrected chi connectivity index (χ2v) is 3.48. The lowest BCUT2D eigenvalue weighted by atomic mass is 10.3. The third kappa shape index (κ3) is 2.70. The lowest BCUT2D eigenvalue weighted by molar-refractivity contribution is 0.628. The SMILES string of the molecule is CSC(=NC#N)N(C)c1ccccc1F. The molecule has 0 heterocycles. The number of para-hydroxylation sites is 1. The fraction of sp³-hybridized carbons (Fsp3) is 0.200. The number of thioether (sulfide) groups is 1. The third-order valence-corrected chi connectivity index (χ3v) is 2.56. The van der Waals surface area contributed by atoms with Crippen LogP contribution in [0.3, 0.4) is 0 Å². The van der Waals surface area contributed by atoms with Gasteiger partial charge in [0, 0.05) is 7.05 Å². The summed E-state index contributed by atoms with van der Waals surface area (Å²) in [6.07, 6.45) is 3.48. The van der Waals surface area contributed by atoms with Crippen molar-refractivity contribution < 1.29 is 4.39 Å². The molecule has 0 N–H and O–H groups in total. The van der Waals surface area contributed by atoms with Gasteiger partial charge in [-0.2, -0.15) is 5.26 Å². The predicted molar refractivity (Wildman–Crippen MR) is 61.4 cm³/mol. The summed E-state index contributed by atoms with van der Waals surface area (Å²) in [5.74, 6) is -0.334. The minimum absolute atomic E-state index is 0.334. The van der Waals surface area contributed by atoms with Crippen molar-refractivity contribution in [2.75, 3.05) is 18.2 Å². The zero-order valence-electron chi connectivity index (χ0n) is 8.44. The molecule has 0 aliphatic carbocycles. The first kappa shape index (κ1) is 11.5. The zero-order valence-corrected chi connectivity index (χ0v) is 9.25. The van der Waals surface area contributed by atoms with E-state index >= 15 is 0 Å². The molecule has 1 aromatic rings. The number of halogens is 1. The van der Waals surface area contributed by atoms with E-state index in [1.54, 1.807) is 42.6 Å². The molecular formula is C10H10FN3S. The molecule has 3 nitrogen and oxygen atoms in total. The molecule has 1 rings (SSSR count).